The van der Waals surface area contributed by atoms with Crippen molar-refractivity contribution >= 4 is 43.6 Å². The number of benzene rings is 1. The quantitative estimate of drug-likeness (QED) is 0.127. The van der Waals surface area contributed by atoms with E-state index in [9.17, 15) is 28.5 Å². The maximum absolute atomic E-state index is 14.3. The molecular weight excluding hydrogens is 711 g/mol. The lowest BCUT2D eigenvalue weighted by atomic mass is 10.0. The first-order chi connectivity index (χ1) is 25.6. The second-order valence-corrected chi connectivity index (χ2v) is 13.6. The zero-order valence-corrected chi connectivity index (χ0v) is 31.4. The van der Waals surface area contributed by atoms with E-state index < -0.39 is 62.5 Å². The van der Waals surface area contributed by atoms with Crippen LogP contribution in [0.4, 0.5) is 10.6 Å². The van der Waals surface area contributed by atoms with Crippen LogP contribution >= 0.6 is 8.03 Å². The fourth-order valence-electron chi connectivity index (χ4n) is 5.71. The minimum atomic E-state index is -2.94. The first-order valence-electron chi connectivity index (χ1n) is 17.8. The molecule has 4 unspecified atom stereocenters. The standard InChI is InChI=1S/C35H47N6O11P/c1-5-11-29(42)50-35(51-30(43)12-6-2)52-53(47)22-26(31(44)27-20-36-16-18-41(27)34(46)49-7-3)38-33(45)25-19-28(40-17-15-24(21-40)48-4)39-32(37-25)23-13-9-8-10-14-23/h8-10,13-14,19,24,26-27,35-36H,5-7,11-12,15-18,20-22H2,1-4H3/p+1. The summed E-state index contributed by atoms with van der Waals surface area (Å²) >= 11 is 0. The van der Waals surface area contributed by atoms with Gasteiger partial charge in [-0.2, -0.15) is 0 Å². The Morgan fingerprint density at radius 1 is 1.00 bits per heavy atom. The predicted octanol–water partition coefficient (Wildman–Crippen LogP) is 3.20. The van der Waals surface area contributed by atoms with Crippen LogP contribution in [0.2, 0.25) is 0 Å². The molecule has 288 valence electrons. The zero-order valence-electron chi connectivity index (χ0n) is 30.5. The fraction of sp³-hybridized carbons (Fsp3) is 0.571. The van der Waals surface area contributed by atoms with Gasteiger partial charge >= 0.3 is 32.5 Å². The van der Waals surface area contributed by atoms with Gasteiger partial charge in [0.2, 0.25) is 6.16 Å². The number of Topliss-reactive ketones (excluding diaryl/α,β-unsaturated/α-hetero) is 1. The molecule has 2 aromatic rings. The zero-order chi connectivity index (χ0) is 38.3. The molecule has 0 radical (unpaired) electrons. The summed E-state index contributed by atoms with van der Waals surface area (Å²) in [5.74, 6) is -2.24. The molecule has 2 aliphatic heterocycles. The number of ether oxygens (including phenoxy) is 4. The molecule has 2 amide bonds. The molecule has 0 saturated carbocycles. The van der Waals surface area contributed by atoms with Crippen molar-refractivity contribution in [2.24, 2.45) is 0 Å². The highest BCUT2D eigenvalue weighted by atomic mass is 31.1. The van der Waals surface area contributed by atoms with Gasteiger partial charge in [-0.15, -0.1) is 0 Å². The number of rotatable bonds is 18. The van der Waals surface area contributed by atoms with Crippen molar-refractivity contribution in [3.63, 3.8) is 0 Å². The maximum Gasteiger partial charge on any atom is 0.518 e. The van der Waals surface area contributed by atoms with Gasteiger partial charge < -0.3 is 34.5 Å². The van der Waals surface area contributed by atoms with Crippen molar-refractivity contribution in [2.75, 3.05) is 57.5 Å². The molecule has 53 heavy (non-hydrogen) atoms. The van der Waals surface area contributed by atoms with Crippen LogP contribution in [0.5, 0.6) is 0 Å². The Kier molecular flexibility index (Phi) is 16.0. The number of methoxy groups -OCH3 is 1. The number of ketones is 1. The van der Waals surface area contributed by atoms with Crippen LogP contribution < -0.4 is 15.5 Å². The van der Waals surface area contributed by atoms with Crippen molar-refractivity contribution in [3.8, 4) is 11.4 Å². The minimum absolute atomic E-state index is 0.0209. The van der Waals surface area contributed by atoms with Gasteiger partial charge in [0.25, 0.3) is 5.91 Å². The lowest BCUT2D eigenvalue weighted by Gasteiger charge is -2.35. The van der Waals surface area contributed by atoms with E-state index in [2.05, 4.69) is 15.6 Å². The highest BCUT2D eigenvalue weighted by Crippen LogP contribution is 2.29. The molecule has 4 atom stereocenters. The summed E-state index contributed by atoms with van der Waals surface area (Å²) in [6.07, 6.45) is 0.177. The topological polar surface area (TPSA) is 205 Å². The van der Waals surface area contributed by atoms with Crippen LogP contribution in [0.25, 0.3) is 11.4 Å². The Labute approximate surface area is 309 Å². The highest BCUT2D eigenvalue weighted by molar-refractivity contribution is 7.39. The van der Waals surface area contributed by atoms with Gasteiger partial charge in [0.05, 0.1) is 12.7 Å². The molecule has 1 aromatic carbocycles. The summed E-state index contributed by atoms with van der Waals surface area (Å²) in [7, 11) is -1.31. The molecule has 0 bridgehead atoms. The van der Waals surface area contributed by atoms with Crippen molar-refractivity contribution in [2.45, 2.75) is 77.5 Å². The molecule has 1 aromatic heterocycles. The van der Waals surface area contributed by atoms with Gasteiger partial charge in [0.15, 0.2) is 11.6 Å². The van der Waals surface area contributed by atoms with Crippen LogP contribution in [-0.4, -0.2) is 122 Å². The number of amides is 2. The van der Waals surface area contributed by atoms with Crippen LogP contribution in [0, 0.1) is 0 Å². The molecular formula is C35H48N6O11P+. The third-order valence-electron chi connectivity index (χ3n) is 8.40. The van der Waals surface area contributed by atoms with Gasteiger partial charge in [-0.25, -0.2) is 14.8 Å². The number of esters is 2. The van der Waals surface area contributed by atoms with E-state index in [0.29, 0.717) is 43.9 Å². The van der Waals surface area contributed by atoms with E-state index in [4.69, 9.17) is 28.5 Å². The average Bonchev–Trinajstić information content (AvgIpc) is 3.64. The molecule has 3 heterocycles. The van der Waals surface area contributed by atoms with E-state index in [0.717, 1.165) is 6.42 Å². The van der Waals surface area contributed by atoms with Gasteiger partial charge in [-0.1, -0.05) is 48.7 Å². The summed E-state index contributed by atoms with van der Waals surface area (Å²) in [5.41, 5.74) is 0.571. The highest BCUT2D eigenvalue weighted by Gasteiger charge is 2.43. The summed E-state index contributed by atoms with van der Waals surface area (Å²) < 4.78 is 39.9. The Morgan fingerprint density at radius 3 is 2.32 bits per heavy atom. The first kappa shape index (κ1) is 41.2. The molecule has 18 heteroatoms. The lowest BCUT2D eigenvalue weighted by Crippen LogP contribution is -2.61. The molecule has 17 nitrogen and oxygen atoms in total. The molecule has 2 fully saturated rings. The third-order valence-corrected chi connectivity index (χ3v) is 9.47. The van der Waals surface area contributed by atoms with Crippen molar-refractivity contribution in [1.29, 1.82) is 0 Å². The predicted molar refractivity (Wildman–Crippen MR) is 191 cm³/mol. The summed E-state index contributed by atoms with van der Waals surface area (Å²) in [6, 6.07) is 7.93. The van der Waals surface area contributed by atoms with Gasteiger partial charge in [0.1, 0.15) is 23.6 Å². The van der Waals surface area contributed by atoms with Gasteiger partial charge in [-0.05, 0) is 30.8 Å². The molecule has 0 spiro atoms. The lowest BCUT2D eigenvalue weighted by molar-refractivity contribution is -0.234. The van der Waals surface area contributed by atoms with E-state index in [1.54, 1.807) is 40.0 Å². The van der Waals surface area contributed by atoms with Crippen LogP contribution in [0.15, 0.2) is 36.4 Å². The number of hydrogen-bond acceptors (Lipinski definition) is 15. The average molecular weight is 760 g/mol. The van der Waals surface area contributed by atoms with Crippen molar-refractivity contribution < 1.29 is 52.0 Å². The van der Waals surface area contributed by atoms with Gasteiger partial charge in [-0.3, -0.25) is 24.1 Å². The van der Waals surface area contributed by atoms with Crippen molar-refractivity contribution in [3.05, 3.63) is 42.1 Å². The van der Waals surface area contributed by atoms with Crippen LogP contribution in [-0.2, 0) is 42.4 Å². The number of piperazine rings is 1. The van der Waals surface area contributed by atoms with E-state index in [-0.39, 0.29) is 50.2 Å². The number of nitrogens with zero attached hydrogens (tertiary/aromatic N) is 4. The number of carbonyl (C=O) groups is 5. The maximum atomic E-state index is 14.3. The van der Waals surface area contributed by atoms with E-state index >= 15 is 0 Å². The Balaban J connectivity index is 1.66. The summed E-state index contributed by atoms with van der Waals surface area (Å²) in [5, 5.41) is 5.73. The molecule has 4 rings (SSSR count). The molecule has 2 aliphatic rings. The van der Waals surface area contributed by atoms with Gasteiger partial charge in [0, 0.05) is 64.3 Å². The van der Waals surface area contributed by atoms with E-state index in [1.165, 1.54) is 11.0 Å². The molecule has 2 N–H and O–H groups in total. The number of hydrogen-bond donors (Lipinski definition) is 2. The SMILES string of the molecule is CCCC(=O)OC(OC(=O)CCC)O[P+](=O)CC(NC(=O)c1cc(N2CCC(OC)C2)nc(-c2ccccc2)n1)C(=O)C1CNCCN1C(=O)OCC. The number of nitrogens with one attached hydrogen (secondary N) is 2. The van der Waals surface area contributed by atoms with Crippen LogP contribution in [0.3, 0.4) is 0 Å². The van der Waals surface area contributed by atoms with E-state index in [1.807, 2.05) is 23.1 Å². The Bertz CT molecular complexity index is 1580. The smallest absolute Gasteiger partial charge is 0.450 e. The fourth-order valence-corrected chi connectivity index (χ4v) is 6.64. The second-order valence-electron chi connectivity index (χ2n) is 12.3. The normalized spacial score (nSPS) is 17.9. The first-order valence-corrected chi connectivity index (χ1v) is 19.1. The van der Waals surface area contributed by atoms with Crippen LogP contribution in [0.1, 0.15) is 63.4 Å². The molecule has 2 saturated heterocycles. The minimum Gasteiger partial charge on any atom is -0.450 e. The van der Waals surface area contributed by atoms with Crippen molar-refractivity contribution in [1.82, 2.24) is 25.5 Å². The number of aromatic nitrogens is 2. The number of anilines is 1. The summed E-state index contributed by atoms with van der Waals surface area (Å²) in [4.78, 5) is 78.2. The Hall–Kier alpha value is -4.57. The second kappa shape index (κ2) is 20.6. The summed E-state index contributed by atoms with van der Waals surface area (Å²) in [6.45, 7) is 4.93. The molecule has 0 aliphatic carbocycles. The third kappa shape index (κ3) is 12.0. The largest absolute Gasteiger partial charge is 0.518 e. The Morgan fingerprint density at radius 2 is 1.70 bits per heavy atom. The number of carbonyl (C=O) groups excluding carboxylic acids is 5. The monoisotopic (exact) mass is 759 g/mol.